The quantitative estimate of drug-likeness (QED) is 0.693. The Bertz CT molecular complexity index is 254. The molecular formula is C10H20N4. The summed E-state index contributed by atoms with van der Waals surface area (Å²) in [6, 6.07) is 0. The third-order valence-electron chi connectivity index (χ3n) is 2.14. The zero-order chi connectivity index (χ0) is 10.4. The van der Waals surface area contributed by atoms with Gasteiger partial charge in [0.15, 0.2) is 0 Å². The predicted molar refractivity (Wildman–Crippen MR) is 59.5 cm³/mol. The minimum Gasteiger partial charge on any atom is -0.356 e. The van der Waals surface area contributed by atoms with Crippen LogP contribution in [0.5, 0.6) is 0 Å². The SMILES string of the molecule is CN(C)CCCCNc1nccn1C. The predicted octanol–water partition coefficient (Wildman–Crippen LogP) is 1.17. The van der Waals surface area contributed by atoms with E-state index in [4.69, 9.17) is 0 Å². The Morgan fingerprint density at radius 2 is 2.21 bits per heavy atom. The van der Waals surface area contributed by atoms with Gasteiger partial charge in [0.1, 0.15) is 0 Å². The Morgan fingerprint density at radius 3 is 2.79 bits per heavy atom. The molecular weight excluding hydrogens is 176 g/mol. The second-order valence-electron chi connectivity index (χ2n) is 3.80. The van der Waals surface area contributed by atoms with Crippen LogP contribution in [0.25, 0.3) is 0 Å². The van der Waals surface area contributed by atoms with Crippen LogP contribution in [0.1, 0.15) is 12.8 Å². The molecule has 4 nitrogen and oxygen atoms in total. The average molecular weight is 196 g/mol. The molecule has 0 aliphatic rings. The van der Waals surface area contributed by atoms with E-state index in [1.807, 2.05) is 24.0 Å². The first-order valence-corrected chi connectivity index (χ1v) is 5.06. The maximum atomic E-state index is 4.19. The molecule has 1 aromatic rings. The van der Waals surface area contributed by atoms with Crippen LogP contribution in [-0.2, 0) is 7.05 Å². The minimum absolute atomic E-state index is 0.954. The fraction of sp³-hybridized carbons (Fsp3) is 0.700. The smallest absolute Gasteiger partial charge is 0.202 e. The van der Waals surface area contributed by atoms with E-state index in [0.717, 1.165) is 19.0 Å². The van der Waals surface area contributed by atoms with Crippen LogP contribution < -0.4 is 5.32 Å². The zero-order valence-corrected chi connectivity index (χ0v) is 9.32. The normalized spacial score (nSPS) is 10.9. The van der Waals surface area contributed by atoms with Gasteiger partial charge in [0.25, 0.3) is 0 Å². The lowest BCUT2D eigenvalue weighted by Crippen LogP contribution is -2.14. The third kappa shape index (κ3) is 3.79. The second-order valence-corrected chi connectivity index (χ2v) is 3.80. The number of hydrogen-bond donors (Lipinski definition) is 1. The number of hydrogen-bond acceptors (Lipinski definition) is 3. The number of aryl methyl sites for hydroxylation is 1. The number of nitrogens with zero attached hydrogens (tertiary/aromatic N) is 3. The summed E-state index contributed by atoms with van der Waals surface area (Å²) in [4.78, 5) is 6.40. The minimum atomic E-state index is 0.954. The van der Waals surface area contributed by atoms with Gasteiger partial charge in [-0.15, -0.1) is 0 Å². The van der Waals surface area contributed by atoms with E-state index in [9.17, 15) is 0 Å². The molecule has 1 aromatic heterocycles. The highest BCUT2D eigenvalue weighted by Crippen LogP contribution is 2.01. The van der Waals surface area contributed by atoms with Crippen LogP contribution in [0.3, 0.4) is 0 Å². The van der Waals surface area contributed by atoms with Crippen LogP contribution in [0.4, 0.5) is 5.95 Å². The molecule has 0 fully saturated rings. The third-order valence-corrected chi connectivity index (χ3v) is 2.14. The van der Waals surface area contributed by atoms with Gasteiger partial charge in [0.05, 0.1) is 0 Å². The molecule has 0 aliphatic heterocycles. The highest BCUT2D eigenvalue weighted by atomic mass is 15.2. The Labute approximate surface area is 85.9 Å². The van der Waals surface area contributed by atoms with Gasteiger partial charge in [-0.25, -0.2) is 4.98 Å². The maximum Gasteiger partial charge on any atom is 0.202 e. The fourth-order valence-electron chi connectivity index (χ4n) is 1.29. The van der Waals surface area contributed by atoms with Crippen molar-refractivity contribution in [2.45, 2.75) is 12.8 Å². The molecule has 14 heavy (non-hydrogen) atoms. The van der Waals surface area contributed by atoms with E-state index in [-0.39, 0.29) is 0 Å². The van der Waals surface area contributed by atoms with Gasteiger partial charge in [0.2, 0.25) is 5.95 Å². The molecule has 1 heterocycles. The molecule has 0 spiro atoms. The zero-order valence-electron chi connectivity index (χ0n) is 9.32. The summed E-state index contributed by atoms with van der Waals surface area (Å²) in [7, 11) is 6.20. The summed E-state index contributed by atoms with van der Waals surface area (Å²) in [5.41, 5.74) is 0. The van der Waals surface area contributed by atoms with Crippen molar-refractivity contribution in [3.8, 4) is 0 Å². The van der Waals surface area contributed by atoms with Crippen molar-refractivity contribution in [2.75, 3.05) is 32.5 Å². The molecule has 0 atom stereocenters. The van der Waals surface area contributed by atoms with Gasteiger partial charge < -0.3 is 14.8 Å². The summed E-state index contributed by atoms with van der Waals surface area (Å²) in [6.45, 7) is 2.15. The molecule has 0 saturated heterocycles. The Morgan fingerprint density at radius 1 is 1.43 bits per heavy atom. The summed E-state index contributed by atoms with van der Waals surface area (Å²) in [5, 5.41) is 3.30. The van der Waals surface area contributed by atoms with Gasteiger partial charge >= 0.3 is 0 Å². The topological polar surface area (TPSA) is 33.1 Å². The van der Waals surface area contributed by atoms with Gasteiger partial charge in [-0.2, -0.15) is 0 Å². The number of unbranched alkanes of at least 4 members (excludes halogenated alkanes) is 1. The molecule has 0 bridgehead atoms. The highest BCUT2D eigenvalue weighted by molar-refractivity contribution is 5.24. The van der Waals surface area contributed by atoms with E-state index in [0.29, 0.717) is 0 Å². The van der Waals surface area contributed by atoms with Crippen molar-refractivity contribution in [1.29, 1.82) is 0 Å². The first kappa shape index (κ1) is 11.0. The standard InChI is InChI=1S/C10H20N4/c1-13(2)8-5-4-6-11-10-12-7-9-14(10)3/h7,9H,4-6,8H2,1-3H3,(H,11,12). The molecule has 80 valence electrons. The monoisotopic (exact) mass is 196 g/mol. The molecule has 0 unspecified atom stereocenters. The number of aromatic nitrogens is 2. The van der Waals surface area contributed by atoms with Crippen LogP contribution >= 0.6 is 0 Å². The molecule has 0 amide bonds. The summed E-state index contributed by atoms with van der Waals surface area (Å²) in [5.74, 6) is 0.954. The van der Waals surface area contributed by atoms with Gasteiger partial charge in [-0.1, -0.05) is 0 Å². The van der Waals surface area contributed by atoms with Crippen molar-refractivity contribution >= 4 is 5.95 Å². The average Bonchev–Trinajstić information content (AvgIpc) is 2.51. The molecule has 4 heteroatoms. The number of nitrogens with one attached hydrogen (secondary N) is 1. The van der Waals surface area contributed by atoms with Crippen molar-refractivity contribution in [1.82, 2.24) is 14.5 Å². The van der Waals surface area contributed by atoms with Crippen molar-refractivity contribution in [3.05, 3.63) is 12.4 Å². The Hall–Kier alpha value is -1.03. The lowest BCUT2D eigenvalue weighted by molar-refractivity contribution is 0.396. The Balaban J connectivity index is 2.08. The first-order chi connectivity index (χ1) is 6.70. The first-order valence-electron chi connectivity index (χ1n) is 5.06. The lowest BCUT2D eigenvalue weighted by Gasteiger charge is -2.09. The van der Waals surface area contributed by atoms with E-state index in [1.54, 1.807) is 0 Å². The summed E-state index contributed by atoms with van der Waals surface area (Å²) >= 11 is 0. The van der Waals surface area contributed by atoms with E-state index in [1.165, 1.54) is 12.8 Å². The van der Waals surface area contributed by atoms with Gasteiger partial charge in [0, 0.05) is 26.0 Å². The van der Waals surface area contributed by atoms with Crippen LogP contribution in [0.2, 0.25) is 0 Å². The van der Waals surface area contributed by atoms with Gasteiger partial charge in [-0.05, 0) is 33.5 Å². The summed E-state index contributed by atoms with van der Waals surface area (Å²) in [6.07, 6.45) is 6.17. The molecule has 0 aromatic carbocycles. The molecule has 0 radical (unpaired) electrons. The van der Waals surface area contributed by atoms with Crippen molar-refractivity contribution in [2.24, 2.45) is 7.05 Å². The molecule has 0 aliphatic carbocycles. The second kappa shape index (κ2) is 5.65. The lowest BCUT2D eigenvalue weighted by atomic mass is 10.3. The molecule has 0 saturated carbocycles. The molecule has 1 N–H and O–H groups in total. The van der Waals surface area contributed by atoms with Gasteiger partial charge in [-0.3, -0.25) is 0 Å². The van der Waals surface area contributed by atoms with E-state index < -0.39 is 0 Å². The van der Waals surface area contributed by atoms with E-state index >= 15 is 0 Å². The summed E-state index contributed by atoms with van der Waals surface area (Å²) < 4.78 is 1.99. The number of anilines is 1. The maximum absolute atomic E-state index is 4.19. The fourth-order valence-corrected chi connectivity index (χ4v) is 1.29. The van der Waals surface area contributed by atoms with Crippen LogP contribution in [-0.4, -0.2) is 41.6 Å². The van der Waals surface area contributed by atoms with Crippen molar-refractivity contribution < 1.29 is 0 Å². The Kier molecular flexibility index (Phi) is 4.46. The van der Waals surface area contributed by atoms with Crippen LogP contribution in [0.15, 0.2) is 12.4 Å². The number of imidazole rings is 1. The largest absolute Gasteiger partial charge is 0.356 e. The van der Waals surface area contributed by atoms with E-state index in [2.05, 4.69) is 29.3 Å². The number of rotatable bonds is 6. The van der Waals surface area contributed by atoms with Crippen LogP contribution in [0, 0.1) is 0 Å². The highest BCUT2D eigenvalue weighted by Gasteiger charge is 1.96. The van der Waals surface area contributed by atoms with Crippen molar-refractivity contribution in [3.63, 3.8) is 0 Å². The molecule has 1 rings (SSSR count).